The van der Waals surface area contributed by atoms with Crippen LogP contribution in [0.25, 0.3) is 44.9 Å². The molecule has 11 nitrogen and oxygen atoms in total. The number of fused-ring (bicyclic) bond motifs is 2. The fraction of sp³-hybridized carbons (Fsp3) is 0.333. The predicted octanol–water partition coefficient (Wildman–Crippen LogP) is 5.30. The molecule has 0 fully saturated rings. The number of ether oxygens (including phenoxy) is 1. The van der Waals surface area contributed by atoms with E-state index in [1.165, 1.54) is 0 Å². The number of benzene rings is 3. The van der Waals surface area contributed by atoms with Crippen molar-refractivity contribution in [2.75, 3.05) is 40.6 Å². The van der Waals surface area contributed by atoms with Crippen LogP contribution >= 0.6 is 0 Å². The van der Waals surface area contributed by atoms with E-state index < -0.39 is 10.0 Å². The molecule has 2 aromatic heterocycles. The van der Waals surface area contributed by atoms with E-state index in [1.807, 2.05) is 24.3 Å². The highest BCUT2D eigenvalue weighted by atomic mass is 32.2. The van der Waals surface area contributed by atoms with Gasteiger partial charge in [0.1, 0.15) is 22.8 Å². The van der Waals surface area contributed by atoms with Crippen molar-refractivity contribution in [3.63, 3.8) is 0 Å². The number of nitrogens with zero attached hydrogens (tertiary/aromatic N) is 5. The minimum absolute atomic E-state index is 0.255. The van der Waals surface area contributed by atoms with Crippen molar-refractivity contribution in [2.45, 2.75) is 39.3 Å². The van der Waals surface area contributed by atoms with Crippen molar-refractivity contribution in [1.29, 1.82) is 5.26 Å². The van der Waals surface area contributed by atoms with Crippen LogP contribution in [0.2, 0.25) is 0 Å². The van der Waals surface area contributed by atoms with Gasteiger partial charge >= 0.3 is 0 Å². The molecule has 1 atom stereocenters. The minimum Gasteiger partial charge on any atom is -0.480 e. The molecule has 0 saturated carbocycles. The average molecular weight is 666 g/mol. The van der Waals surface area contributed by atoms with E-state index in [9.17, 15) is 13.7 Å². The Morgan fingerprint density at radius 3 is 2.40 bits per heavy atom. The maximum Gasteiger partial charge on any atom is 0.237 e. The second-order valence-electron chi connectivity index (χ2n) is 12.3. The Morgan fingerprint density at radius 1 is 1.04 bits per heavy atom. The summed E-state index contributed by atoms with van der Waals surface area (Å²) in [7, 11) is 2.45. The van der Waals surface area contributed by atoms with Crippen LogP contribution < -0.4 is 14.8 Å². The number of aromatic nitrogens is 3. The van der Waals surface area contributed by atoms with Gasteiger partial charge in [0.25, 0.3) is 0 Å². The molecular formula is C36H39N7O4S. The highest BCUT2D eigenvalue weighted by Crippen LogP contribution is 2.42. The first-order valence-corrected chi connectivity index (χ1v) is 17.7. The van der Waals surface area contributed by atoms with E-state index in [4.69, 9.17) is 19.1 Å². The molecule has 0 bridgehead atoms. The summed E-state index contributed by atoms with van der Waals surface area (Å²) in [5, 5.41) is 13.3. The van der Waals surface area contributed by atoms with Crippen molar-refractivity contribution in [1.82, 2.24) is 29.9 Å². The second-order valence-corrected chi connectivity index (χ2v) is 14.2. The maximum absolute atomic E-state index is 11.3. The first kappa shape index (κ1) is 33.2. The Morgan fingerprint density at radius 2 is 1.73 bits per heavy atom. The molecule has 2 heterocycles. The van der Waals surface area contributed by atoms with Gasteiger partial charge in [-0.3, -0.25) is 4.98 Å². The van der Waals surface area contributed by atoms with Crippen LogP contribution in [0, 0.1) is 25.2 Å². The summed E-state index contributed by atoms with van der Waals surface area (Å²) in [5.74, 6) is 0.890. The molecule has 48 heavy (non-hydrogen) atoms. The number of nitrogens with one attached hydrogen (secondary N) is 2. The molecule has 12 heteroatoms. The van der Waals surface area contributed by atoms with Crippen LogP contribution in [-0.4, -0.2) is 68.8 Å². The summed E-state index contributed by atoms with van der Waals surface area (Å²) in [6.07, 6.45) is 4.68. The quantitative estimate of drug-likeness (QED) is 0.178. The first-order valence-electron chi connectivity index (χ1n) is 15.8. The fourth-order valence-corrected chi connectivity index (χ4v) is 7.08. The van der Waals surface area contributed by atoms with Crippen LogP contribution in [0.1, 0.15) is 46.0 Å². The van der Waals surface area contributed by atoms with E-state index >= 15 is 0 Å². The molecule has 0 amide bonds. The van der Waals surface area contributed by atoms with E-state index in [0.717, 1.165) is 63.6 Å². The van der Waals surface area contributed by atoms with Gasteiger partial charge in [0.05, 0.1) is 25.3 Å². The summed E-state index contributed by atoms with van der Waals surface area (Å²) in [5.41, 5.74) is 11.3. The molecule has 2 N–H and O–H groups in total. The fourth-order valence-electron chi connectivity index (χ4n) is 6.60. The zero-order valence-electron chi connectivity index (χ0n) is 28.0. The van der Waals surface area contributed by atoms with E-state index in [0.29, 0.717) is 52.9 Å². The van der Waals surface area contributed by atoms with Gasteiger partial charge < -0.3 is 19.4 Å². The Labute approximate surface area is 281 Å². The third kappa shape index (κ3) is 6.42. The van der Waals surface area contributed by atoms with Gasteiger partial charge in [0.15, 0.2) is 5.58 Å². The molecule has 0 radical (unpaired) electrons. The monoisotopic (exact) mass is 665 g/mol. The van der Waals surface area contributed by atoms with Gasteiger partial charge in [0, 0.05) is 36.8 Å². The normalized spacial score (nSPS) is 14.4. The highest BCUT2D eigenvalue weighted by Gasteiger charge is 2.30. The average Bonchev–Trinajstić information content (AvgIpc) is 3.68. The SMILES string of the molecule is COc1nc(-c2cccc(-c3cccc(-c4nc5cc6c(c(C#N)c5o4)CC[C@H]6N(C)C)c3C)c2C)cnc1CNCCNS(C)(=O)=O. The topological polar surface area (TPSA) is 146 Å². The summed E-state index contributed by atoms with van der Waals surface area (Å²) in [6.45, 7) is 5.20. The second kappa shape index (κ2) is 13.4. The standard InChI is InChI=1S/C36H39N7O4S/c1-21-23(9-7-11-25(21)31-20-39-32(36(42-31)46-5)19-38-15-16-40-48(6,44)45)24-10-8-12-26(22(24)2)35-41-30-17-28-27(13-14-33(28)43(3)4)29(18-37)34(30)47-35/h7-12,17,20,33,38,40H,13-16,19H2,1-6H3/t33-/m1/s1. The van der Waals surface area contributed by atoms with Gasteiger partial charge in [-0.25, -0.2) is 23.1 Å². The van der Waals surface area contributed by atoms with Crippen molar-refractivity contribution < 1.29 is 17.6 Å². The lowest BCUT2D eigenvalue weighted by Gasteiger charge is -2.20. The molecule has 1 aliphatic carbocycles. The van der Waals surface area contributed by atoms with E-state index in [-0.39, 0.29) is 12.6 Å². The lowest BCUT2D eigenvalue weighted by atomic mass is 9.90. The Kier molecular flexibility index (Phi) is 9.31. The molecule has 3 aromatic carbocycles. The third-order valence-corrected chi connectivity index (χ3v) is 9.74. The van der Waals surface area contributed by atoms with Crippen LogP contribution in [0.5, 0.6) is 5.88 Å². The lowest BCUT2D eigenvalue weighted by molar-refractivity contribution is 0.299. The van der Waals surface area contributed by atoms with Gasteiger partial charge in [0.2, 0.25) is 21.8 Å². The van der Waals surface area contributed by atoms with E-state index in [2.05, 4.69) is 72.1 Å². The molecular weight excluding hydrogens is 627 g/mol. The summed E-state index contributed by atoms with van der Waals surface area (Å²) < 4.78 is 37.0. The molecule has 5 aromatic rings. The number of methoxy groups -OCH3 is 1. The van der Waals surface area contributed by atoms with Crippen molar-refractivity contribution in [3.05, 3.63) is 82.2 Å². The number of oxazole rings is 1. The van der Waals surface area contributed by atoms with Gasteiger partial charge in [-0.15, -0.1) is 0 Å². The zero-order chi connectivity index (χ0) is 34.2. The summed E-state index contributed by atoms with van der Waals surface area (Å²) in [4.78, 5) is 16.5. The Balaban J connectivity index is 1.31. The summed E-state index contributed by atoms with van der Waals surface area (Å²) >= 11 is 0. The number of nitriles is 1. The number of hydrogen-bond acceptors (Lipinski definition) is 10. The largest absolute Gasteiger partial charge is 0.480 e. The molecule has 248 valence electrons. The molecule has 0 saturated heterocycles. The van der Waals surface area contributed by atoms with E-state index in [1.54, 1.807) is 13.3 Å². The smallest absolute Gasteiger partial charge is 0.237 e. The number of hydrogen-bond donors (Lipinski definition) is 2. The highest BCUT2D eigenvalue weighted by molar-refractivity contribution is 7.88. The van der Waals surface area contributed by atoms with Crippen molar-refractivity contribution >= 4 is 21.1 Å². The molecule has 1 aliphatic rings. The molecule has 0 unspecified atom stereocenters. The molecule has 6 rings (SSSR count). The predicted molar refractivity (Wildman–Crippen MR) is 186 cm³/mol. The van der Waals surface area contributed by atoms with Crippen LogP contribution in [0.4, 0.5) is 0 Å². The minimum atomic E-state index is -3.24. The number of rotatable bonds is 11. The van der Waals surface area contributed by atoms with Gasteiger partial charge in [-0.05, 0) is 86.3 Å². The summed E-state index contributed by atoms with van der Waals surface area (Å²) in [6, 6.07) is 17.0. The van der Waals surface area contributed by atoms with Crippen LogP contribution in [-0.2, 0) is 23.0 Å². The zero-order valence-corrected chi connectivity index (χ0v) is 28.8. The Bertz CT molecular complexity index is 2170. The Hall–Kier alpha value is -4.67. The van der Waals surface area contributed by atoms with Crippen LogP contribution in [0.15, 0.2) is 53.1 Å². The van der Waals surface area contributed by atoms with Gasteiger partial charge in [-0.2, -0.15) is 5.26 Å². The number of sulfonamides is 1. The molecule has 0 aliphatic heterocycles. The van der Waals surface area contributed by atoms with Crippen LogP contribution in [0.3, 0.4) is 0 Å². The van der Waals surface area contributed by atoms with Crippen molar-refractivity contribution in [3.8, 4) is 45.8 Å². The first-order chi connectivity index (χ1) is 23.0. The maximum atomic E-state index is 11.3. The third-order valence-electron chi connectivity index (χ3n) is 9.01. The molecule has 0 spiro atoms. The van der Waals surface area contributed by atoms with Crippen molar-refractivity contribution in [2.24, 2.45) is 0 Å². The van der Waals surface area contributed by atoms with Gasteiger partial charge in [-0.1, -0.05) is 30.3 Å². The lowest BCUT2D eigenvalue weighted by Crippen LogP contribution is -2.31.